The fourth-order valence-corrected chi connectivity index (χ4v) is 2.32. The maximum absolute atomic E-state index is 12.3. The van der Waals surface area contributed by atoms with Crippen molar-refractivity contribution in [2.75, 3.05) is 0 Å². The number of fused-ring (bicyclic) bond motifs is 1. The Balaban J connectivity index is 2.11. The molecule has 3 rings (SSSR count). The third kappa shape index (κ3) is 2.08. The molecule has 0 amide bonds. The van der Waals surface area contributed by atoms with E-state index in [1.807, 2.05) is 0 Å². The van der Waals surface area contributed by atoms with Crippen LogP contribution in [0, 0.1) is 0 Å². The molecule has 2 aromatic rings. The van der Waals surface area contributed by atoms with Crippen molar-refractivity contribution in [2.45, 2.75) is 12.2 Å². The van der Waals surface area contributed by atoms with E-state index in [0.29, 0.717) is 0 Å². The zero-order chi connectivity index (χ0) is 16.9. The van der Waals surface area contributed by atoms with Crippen LogP contribution in [0.3, 0.4) is 0 Å². The van der Waals surface area contributed by atoms with Gasteiger partial charge in [-0.15, -0.1) is 0 Å². The number of rotatable bonds is 1. The van der Waals surface area contributed by atoms with Crippen LogP contribution in [0.25, 0.3) is 0 Å². The molecule has 0 saturated carbocycles. The first-order valence-electron chi connectivity index (χ1n) is 6.77. The van der Waals surface area contributed by atoms with Crippen molar-refractivity contribution in [2.24, 2.45) is 0 Å². The Hall–Kier alpha value is -2.93. The van der Waals surface area contributed by atoms with Crippen LogP contribution in [-0.4, -0.2) is 37.4 Å². The summed E-state index contributed by atoms with van der Waals surface area (Å²) in [6.45, 7) is 0. The first-order chi connectivity index (χ1) is 10.8. The molecule has 0 saturated heterocycles. The lowest BCUT2D eigenvalue weighted by molar-refractivity contribution is 0.0210. The van der Waals surface area contributed by atoms with Gasteiger partial charge in [0.1, 0.15) is 22.8 Å². The predicted octanol–water partition coefficient (Wildman–Crippen LogP) is 1.19. The van der Waals surface area contributed by atoms with E-state index in [1.165, 1.54) is 12.1 Å². The smallest absolute Gasteiger partial charge is 0.202 e. The van der Waals surface area contributed by atoms with Crippen LogP contribution in [0.4, 0.5) is 0 Å². The molecular formula is C15H12O7. The quantitative estimate of drug-likeness (QED) is 0.501. The first-order valence-corrected chi connectivity index (χ1v) is 6.27. The average Bonchev–Trinajstić information content (AvgIpc) is 2.51. The molecule has 2 aromatic carbocycles. The van der Waals surface area contributed by atoms with Crippen LogP contribution in [-0.2, 0) is 0 Å². The van der Waals surface area contributed by atoms with Crippen molar-refractivity contribution < 1.29 is 36.4 Å². The number of ketones is 1. The summed E-state index contributed by atoms with van der Waals surface area (Å²) in [5.74, 6) is -3.27. The molecule has 0 aromatic heterocycles. The van der Waals surface area contributed by atoms with Crippen LogP contribution in [0.5, 0.6) is 28.7 Å². The number of carbonyl (C=O) groups is 1. The molecular weight excluding hydrogens is 292 g/mol. The van der Waals surface area contributed by atoms with E-state index < -0.39 is 41.3 Å². The zero-order valence-corrected chi connectivity index (χ0v) is 11.0. The molecule has 0 bridgehead atoms. The van der Waals surface area contributed by atoms with Crippen molar-refractivity contribution in [3.8, 4) is 28.7 Å². The lowest BCUT2D eigenvalue weighted by Gasteiger charge is -2.30. The number of Topliss-reactive ketones (excluding diaryl/α,β-unsaturated/α-hetero) is 1. The molecule has 1 aliphatic rings. The molecule has 0 spiro atoms. The van der Waals surface area contributed by atoms with E-state index in [1.54, 1.807) is 0 Å². The van der Waals surface area contributed by atoms with E-state index in [9.17, 15) is 30.3 Å². The molecule has 7 nitrogen and oxygen atoms in total. The minimum atomic E-state index is -1.69. The number of hydrogen-bond donors (Lipinski definition) is 5. The Morgan fingerprint density at radius 2 is 1.77 bits per heavy atom. The predicted molar refractivity (Wildman–Crippen MR) is 73.2 cm³/mol. The molecule has 0 unspecified atom stereocenters. The van der Waals surface area contributed by atoms with E-state index >= 15 is 0 Å². The summed E-state index contributed by atoms with van der Waals surface area (Å²) < 4.78 is 12.9. The van der Waals surface area contributed by atoms with E-state index in [0.717, 1.165) is 12.1 Å². The van der Waals surface area contributed by atoms with Gasteiger partial charge in [-0.2, -0.15) is 0 Å². The van der Waals surface area contributed by atoms with Gasteiger partial charge in [0, 0.05) is 12.1 Å². The third-order valence-electron chi connectivity index (χ3n) is 3.38. The van der Waals surface area contributed by atoms with Crippen LogP contribution < -0.4 is 4.74 Å². The third-order valence-corrected chi connectivity index (χ3v) is 3.38. The summed E-state index contributed by atoms with van der Waals surface area (Å²) in [5, 5.41) is 48.4. The summed E-state index contributed by atoms with van der Waals surface area (Å²) >= 11 is 0. The monoisotopic (exact) mass is 305 g/mol. The highest BCUT2D eigenvalue weighted by Crippen LogP contribution is 2.42. The largest absolute Gasteiger partial charge is 0.508 e. The number of phenols is 4. The maximum atomic E-state index is 12.3. The minimum absolute atomic E-state index is 0.191. The van der Waals surface area contributed by atoms with Gasteiger partial charge in [-0.3, -0.25) is 4.79 Å². The molecule has 114 valence electrons. The van der Waals surface area contributed by atoms with Gasteiger partial charge in [-0.25, -0.2) is 0 Å². The number of carbonyl (C=O) groups excluding carboxylic acids is 1. The number of ether oxygens (including phenoxy) is 1. The van der Waals surface area contributed by atoms with Gasteiger partial charge < -0.3 is 30.3 Å². The average molecular weight is 305 g/mol. The Morgan fingerprint density at radius 3 is 2.45 bits per heavy atom. The number of hydrogen-bond acceptors (Lipinski definition) is 7. The fraction of sp³-hybridized carbons (Fsp3) is 0.133. The normalized spacial score (nSPS) is 21.0. The second kappa shape index (κ2) is 4.81. The lowest BCUT2D eigenvalue weighted by atomic mass is 9.92. The highest BCUT2D eigenvalue weighted by atomic mass is 16.5. The molecule has 1 heterocycles. The van der Waals surface area contributed by atoms with Crippen LogP contribution in [0.2, 0.25) is 0 Å². The maximum Gasteiger partial charge on any atom is 0.202 e. The highest BCUT2D eigenvalue weighted by Gasteiger charge is 2.39. The second-order valence-corrected chi connectivity index (χ2v) is 4.84. The molecule has 2 atom stereocenters. The number of aliphatic hydroxyl groups excluding tert-OH is 1. The summed E-state index contributed by atoms with van der Waals surface area (Å²) in [5.41, 5.74) is -0.180. The number of aromatic hydroxyl groups is 4. The molecule has 1 aliphatic heterocycles. The van der Waals surface area contributed by atoms with Crippen LogP contribution in [0.15, 0.2) is 30.3 Å². The van der Waals surface area contributed by atoms with Crippen molar-refractivity contribution in [3.63, 3.8) is 0 Å². The molecule has 0 aliphatic carbocycles. The Bertz CT molecular complexity index is 818. The Labute approximate surface area is 125 Å². The number of aliphatic hydroxyl groups is 1. The highest BCUT2D eigenvalue weighted by molar-refractivity contribution is 6.05. The topological polar surface area (TPSA) is 127 Å². The molecule has 0 fully saturated rings. The minimum Gasteiger partial charge on any atom is -0.508 e. The molecule has 0 radical (unpaired) electrons. The van der Waals surface area contributed by atoms with Crippen molar-refractivity contribution in [1.29, 1.82) is 0 Å². The van der Waals surface area contributed by atoms with Gasteiger partial charge >= 0.3 is 0 Å². The van der Waals surface area contributed by atoms with E-state index in [-0.39, 0.29) is 22.6 Å². The Kier molecular flexibility index (Phi) is 2.80. The van der Waals surface area contributed by atoms with Gasteiger partial charge in [0.05, 0.1) is 1.37 Å². The summed E-state index contributed by atoms with van der Waals surface area (Å²) in [7, 11) is 0. The van der Waals surface area contributed by atoms with Gasteiger partial charge in [-0.05, 0) is 17.7 Å². The van der Waals surface area contributed by atoms with Crippen LogP contribution >= 0.6 is 0 Å². The van der Waals surface area contributed by atoms with Gasteiger partial charge in [0.15, 0.2) is 23.7 Å². The molecule has 22 heavy (non-hydrogen) atoms. The van der Waals surface area contributed by atoms with Crippen LogP contribution in [0.1, 0.15) is 23.4 Å². The van der Waals surface area contributed by atoms with E-state index in [2.05, 4.69) is 0 Å². The van der Waals surface area contributed by atoms with Gasteiger partial charge in [0.2, 0.25) is 5.78 Å². The first kappa shape index (κ1) is 12.8. The van der Waals surface area contributed by atoms with E-state index in [4.69, 9.17) is 6.11 Å². The molecule has 7 heteroatoms. The van der Waals surface area contributed by atoms with Crippen molar-refractivity contribution in [3.05, 3.63) is 41.4 Å². The zero-order valence-electron chi connectivity index (χ0n) is 12.0. The van der Waals surface area contributed by atoms with Crippen molar-refractivity contribution >= 4 is 5.78 Å². The fourth-order valence-electron chi connectivity index (χ4n) is 2.32. The SMILES string of the molecule is [2H]c1c(O)cc2c(c1O)C(=O)[C@H](O)[C@@H](c1ccc(O)c(O)c1)O2. The standard InChI is InChI=1S/C15H12O7/c16-7-4-10(19)12-11(5-7)22-15(14(21)13(12)20)6-1-2-8(17)9(18)3-6/h1-5,14-19,21H/t14-,15+/m0/s1/i4D. The molecule has 5 N–H and O–H groups in total. The summed E-state index contributed by atoms with van der Waals surface area (Å²) in [6.07, 6.45) is -2.90. The van der Waals surface area contributed by atoms with Crippen molar-refractivity contribution in [1.82, 2.24) is 0 Å². The Morgan fingerprint density at radius 1 is 1.05 bits per heavy atom. The number of phenolic OH excluding ortho intramolecular Hbond substituents is 4. The summed E-state index contributed by atoms with van der Waals surface area (Å²) in [4.78, 5) is 12.3. The van der Waals surface area contributed by atoms with Gasteiger partial charge in [-0.1, -0.05) is 6.07 Å². The summed E-state index contributed by atoms with van der Waals surface area (Å²) in [6, 6.07) is 3.99. The number of benzene rings is 2. The lowest BCUT2D eigenvalue weighted by Crippen LogP contribution is -2.36. The second-order valence-electron chi connectivity index (χ2n) is 4.84. The van der Waals surface area contributed by atoms with Gasteiger partial charge in [0.25, 0.3) is 0 Å².